The number of aromatic nitrogens is 1. The van der Waals surface area contributed by atoms with Crippen LogP contribution in [0.3, 0.4) is 0 Å². The van der Waals surface area contributed by atoms with Crippen molar-refractivity contribution >= 4 is 16.0 Å². The smallest absolute Gasteiger partial charge is 0.352 e. The van der Waals surface area contributed by atoms with Crippen molar-refractivity contribution in [1.82, 2.24) is 9.71 Å². The van der Waals surface area contributed by atoms with E-state index < -0.39 is 16.0 Å². The summed E-state index contributed by atoms with van der Waals surface area (Å²) in [5.74, 6) is -0.829. The molecule has 1 saturated carbocycles. The number of sulfonamides is 1. The normalized spacial score (nSPS) is 21.8. The first-order chi connectivity index (χ1) is 8.22. The molecule has 1 fully saturated rings. The molecule has 0 bridgehead atoms. The average molecular weight is 272 g/mol. The van der Waals surface area contributed by atoms with Crippen LogP contribution >= 0.6 is 0 Å². The van der Waals surface area contributed by atoms with E-state index in [1.54, 1.807) is 0 Å². The average Bonchev–Trinajstić information content (AvgIpc) is 2.68. The Hall–Kier alpha value is -1.34. The van der Waals surface area contributed by atoms with Crippen molar-refractivity contribution in [3.8, 4) is 0 Å². The van der Waals surface area contributed by atoms with Gasteiger partial charge in [-0.1, -0.05) is 13.8 Å². The van der Waals surface area contributed by atoms with E-state index in [-0.39, 0.29) is 16.0 Å². The van der Waals surface area contributed by atoms with Crippen molar-refractivity contribution in [3.05, 3.63) is 18.0 Å². The molecule has 1 aromatic heterocycles. The first-order valence-electron chi connectivity index (χ1n) is 5.64. The van der Waals surface area contributed by atoms with Crippen LogP contribution in [0.1, 0.15) is 30.8 Å². The topological polar surface area (TPSA) is 99.3 Å². The van der Waals surface area contributed by atoms with Crippen LogP contribution in [0, 0.1) is 11.3 Å². The highest BCUT2D eigenvalue weighted by atomic mass is 32.2. The van der Waals surface area contributed by atoms with E-state index in [0.717, 1.165) is 12.5 Å². The molecule has 1 unspecified atom stereocenters. The Bertz CT molecular complexity index is 574. The fourth-order valence-corrected chi connectivity index (χ4v) is 2.95. The van der Waals surface area contributed by atoms with Crippen molar-refractivity contribution in [3.63, 3.8) is 0 Å². The second-order valence-corrected chi connectivity index (χ2v) is 7.06. The molecule has 3 N–H and O–H groups in total. The molecule has 1 aliphatic carbocycles. The largest absolute Gasteiger partial charge is 0.477 e. The monoisotopic (exact) mass is 272 g/mol. The summed E-state index contributed by atoms with van der Waals surface area (Å²) in [6.07, 6.45) is 2.19. The highest BCUT2D eigenvalue weighted by molar-refractivity contribution is 7.89. The SMILES string of the molecule is CC1(C)CC1CNS(=O)(=O)c1c[nH]c(C(=O)O)c1. The van der Waals surface area contributed by atoms with Crippen molar-refractivity contribution in [2.75, 3.05) is 6.54 Å². The minimum Gasteiger partial charge on any atom is -0.477 e. The summed E-state index contributed by atoms with van der Waals surface area (Å²) < 4.78 is 26.3. The number of nitrogens with one attached hydrogen (secondary N) is 2. The van der Waals surface area contributed by atoms with Crippen LogP contribution in [0.4, 0.5) is 0 Å². The van der Waals surface area contributed by atoms with Gasteiger partial charge in [-0.3, -0.25) is 0 Å². The Labute approximate surface area is 105 Å². The summed E-state index contributed by atoms with van der Waals surface area (Å²) in [6, 6.07) is 1.11. The molecule has 18 heavy (non-hydrogen) atoms. The molecular weight excluding hydrogens is 256 g/mol. The molecule has 7 heteroatoms. The number of carboxylic acid groups (broad SMARTS) is 1. The van der Waals surface area contributed by atoms with Crippen LogP contribution < -0.4 is 4.72 Å². The number of hydrogen-bond acceptors (Lipinski definition) is 3. The van der Waals surface area contributed by atoms with Gasteiger partial charge < -0.3 is 10.1 Å². The van der Waals surface area contributed by atoms with E-state index in [2.05, 4.69) is 23.6 Å². The van der Waals surface area contributed by atoms with Crippen LogP contribution in [0.25, 0.3) is 0 Å². The molecule has 1 atom stereocenters. The fourth-order valence-electron chi connectivity index (χ4n) is 1.87. The lowest BCUT2D eigenvalue weighted by molar-refractivity contribution is 0.0691. The summed E-state index contributed by atoms with van der Waals surface area (Å²) in [7, 11) is -3.62. The lowest BCUT2D eigenvalue weighted by Crippen LogP contribution is -2.26. The molecule has 0 amide bonds. The molecule has 6 nitrogen and oxygen atoms in total. The van der Waals surface area contributed by atoms with Crippen LogP contribution in [0.5, 0.6) is 0 Å². The van der Waals surface area contributed by atoms with E-state index in [1.165, 1.54) is 6.20 Å². The molecule has 1 aromatic rings. The van der Waals surface area contributed by atoms with Gasteiger partial charge in [0.2, 0.25) is 10.0 Å². The zero-order chi connectivity index (χ0) is 13.6. The minimum absolute atomic E-state index is 0.0432. The Morgan fingerprint density at radius 3 is 2.67 bits per heavy atom. The highest BCUT2D eigenvalue weighted by Crippen LogP contribution is 2.51. The quantitative estimate of drug-likeness (QED) is 0.745. The Morgan fingerprint density at radius 2 is 2.22 bits per heavy atom. The number of hydrogen-bond donors (Lipinski definition) is 3. The van der Waals surface area contributed by atoms with Gasteiger partial charge in [-0.15, -0.1) is 0 Å². The first-order valence-corrected chi connectivity index (χ1v) is 7.12. The van der Waals surface area contributed by atoms with Crippen molar-refractivity contribution < 1.29 is 18.3 Å². The fraction of sp³-hybridized carbons (Fsp3) is 0.545. The zero-order valence-corrected chi connectivity index (χ0v) is 11.0. The maximum Gasteiger partial charge on any atom is 0.352 e. The van der Waals surface area contributed by atoms with Gasteiger partial charge >= 0.3 is 5.97 Å². The molecule has 1 aliphatic rings. The Morgan fingerprint density at radius 1 is 1.61 bits per heavy atom. The van der Waals surface area contributed by atoms with Gasteiger partial charge in [0.05, 0.1) is 0 Å². The second kappa shape index (κ2) is 4.10. The molecule has 1 heterocycles. The minimum atomic E-state index is -3.62. The number of rotatable bonds is 5. The third-order valence-electron chi connectivity index (χ3n) is 3.43. The maximum absolute atomic E-state index is 11.9. The molecule has 0 saturated heterocycles. The van der Waals surface area contributed by atoms with E-state index in [0.29, 0.717) is 12.5 Å². The summed E-state index contributed by atoms with van der Waals surface area (Å²) >= 11 is 0. The number of H-pyrrole nitrogens is 1. The predicted molar refractivity (Wildman–Crippen MR) is 64.8 cm³/mol. The van der Waals surface area contributed by atoms with Crippen LogP contribution in [-0.2, 0) is 10.0 Å². The van der Waals surface area contributed by atoms with Crippen molar-refractivity contribution in [2.45, 2.75) is 25.2 Å². The summed E-state index contributed by atoms with van der Waals surface area (Å²) in [4.78, 5) is 13.0. The predicted octanol–water partition coefficient (Wildman–Crippen LogP) is 1.04. The molecule has 2 rings (SSSR count). The molecule has 0 aliphatic heterocycles. The van der Waals surface area contributed by atoms with Crippen molar-refractivity contribution in [1.29, 1.82) is 0 Å². The lowest BCUT2D eigenvalue weighted by atomic mass is 10.1. The van der Waals surface area contributed by atoms with Gasteiger partial charge in [0.15, 0.2) is 0 Å². The third kappa shape index (κ3) is 2.56. The van der Waals surface area contributed by atoms with Gasteiger partial charge in [-0.25, -0.2) is 17.9 Å². The van der Waals surface area contributed by atoms with E-state index in [4.69, 9.17) is 5.11 Å². The van der Waals surface area contributed by atoms with Gasteiger partial charge in [0, 0.05) is 12.7 Å². The van der Waals surface area contributed by atoms with Gasteiger partial charge in [0.25, 0.3) is 0 Å². The number of carbonyl (C=O) groups is 1. The third-order valence-corrected chi connectivity index (χ3v) is 4.84. The van der Waals surface area contributed by atoms with Gasteiger partial charge in [-0.2, -0.15) is 0 Å². The maximum atomic E-state index is 11.9. The van der Waals surface area contributed by atoms with E-state index in [9.17, 15) is 13.2 Å². The summed E-state index contributed by atoms with van der Waals surface area (Å²) in [5.41, 5.74) is 0.0644. The molecule has 100 valence electrons. The first kappa shape index (κ1) is 13.1. The Kier molecular flexibility index (Phi) is 2.98. The van der Waals surface area contributed by atoms with E-state index >= 15 is 0 Å². The molecular formula is C11H16N2O4S. The number of aromatic amines is 1. The van der Waals surface area contributed by atoms with Gasteiger partial charge in [-0.05, 0) is 23.8 Å². The lowest BCUT2D eigenvalue weighted by Gasteiger charge is -2.05. The van der Waals surface area contributed by atoms with Crippen LogP contribution in [0.2, 0.25) is 0 Å². The van der Waals surface area contributed by atoms with Crippen molar-refractivity contribution in [2.24, 2.45) is 11.3 Å². The summed E-state index contributed by atoms with van der Waals surface area (Å²) in [5, 5.41) is 8.71. The molecule has 0 radical (unpaired) electrons. The highest BCUT2D eigenvalue weighted by Gasteiger charge is 2.45. The van der Waals surface area contributed by atoms with E-state index in [1.807, 2.05) is 0 Å². The number of carboxylic acids is 1. The van der Waals surface area contributed by atoms with Crippen LogP contribution in [-0.4, -0.2) is 31.0 Å². The van der Waals surface area contributed by atoms with Crippen LogP contribution in [0.15, 0.2) is 17.2 Å². The zero-order valence-electron chi connectivity index (χ0n) is 10.2. The summed E-state index contributed by atoms with van der Waals surface area (Å²) in [6.45, 7) is 4.57. The second-order valence-electron chi connectivity index (χ2n) is 5.30. The standard InChI is InChI=1S/C11H16N2O4S/c1-11(2)4-7(11)5-13-18(16,17)8-3-9(10(14)15)12-6-8/h3,6-7,12-13H,4-5H2,1-2H3,(H,14,15). The van der Waals surface area contributed by atoms with Gasteiger partial charge in [0.1, 0.15) is 10.6 Å². The Balaban J connectivity index is 2.04. The molecule has 0 spiro atoms. The number of aromatic carboxylic acids is 1. The molecule has 0 aromatic carbocycles.